The van der Waals surface area contributed by atoms with Gasteiger partial charge in [-0.25, -0.2) is 0 Å². The van der Waals surface area contributed by atoms with E-state index in [2.05, 4.69) is 148 Å². The summed E-state index contributed by atoms with van der Waals surface area (Å²) in [4.78, 5) is 26.1. The highest BCUT2D eigenvalue weighted by Crippen LogP contribution is 2.15. The summed E-state index contributed by atoms with van der Waals surface area (Å²) < 4.78 is 5.82. The van der Waals surface area contributed by atoms with E-state index in [0.717, 1.165) is 109 Å². The molecule has 0 aliphatic carbocycles. The summed E-state index contributed by atoms with van der Waals surface area (Å²) in [5, 5.41) is 23.7. The molecule has 0 aromatic carbocycles. The Morgan fingerprint density at radius 3 is 1.25 bits per heavy atom. The van der Waals surface area contributed by atoms with Crippen LogP contribution in [-0.4, -0.2) is 46.9 Å². The Bertz CT molecular complexity index is 1460. The van der Waals surface area contributed by atoms with Gasteiger partial charge in [0.15, 0.2) is 0 Å². The highest BCUT2D eigenvalue weighted by molar-refractivity contribution is 5.78. The lowest BCUT2D eigenvalue weighted by Crippen LogP contribution is -2.46. The normalized spacial score (nSPS) is 14.3. The first kappa shape index (κ1) is 63.0. The van der Waals surface area contributed by atoms with E-state index < -0.39 is 18.2 Å². The summed E-state index contributed by atoms with van der Waals surface area (Å²) in [5.41, 5.74) is 0. The highest BCUT2D eigenvalue weighted by Gasteiger charge is 2.23. The molecule has 0 spiro atoms. The van der Waals surface area contributed by atoms with E-state index >= 15 is 0 Å². The number of hydrogen-bond acceptors (Lipinski definition) is 5. The van der Waals surface area contributed by atoms with Crippen molar-refractivity contribution in [2.45, 2.75) is 232 Å². The fraction of sp³-hybridized carbons (Fsp3) is 0.607. The summed E-state index contributed by atoms with van der Waals surface area (Å²) >= 11 is 0. The molecule has 0 saturated carbocycles. The number of ether oxygens (including phenoxy) is 1. The average molecular weight is 926 g/mol. The van der Waals surface area contributed by atoms with Gasteiger partial charge >= 0.3 is 5.97 Å². The number of nitrogens with one attached hydrogen (secondary N) is 1. The zero-order valence-corrected chi connectivity index (χ0v) is 43.0. The minimum atomic E-state index is -0.835. The van der Waals surface area contributed by atoms with Crippen molar-refractivity contribution in [3.05, 3.63) is 134 Å². The molecule has 67 heavy (non-hydrogen) atoms. The standard InChI is InChI=1S/C61H99NO5/c1-4-7-10-13-16-19-22-25-27-29-30-32-34-36-39-42-45-48-51-54-61(66)67-57(52-49-46-43-40-37-35-33-31-28-26-23-20-17-14-11-8-5-2)55-60(65)62-58(56-63)59(64)53-50-47-44-41-38-24-21-18-15-12-9-6-3/h7-8,10-11,16-17,19-20,25-28,30,32-33,35-36,39-40,43,49,52,57-59,63-64H,4-6,9,12-15,18,21-24,29,31,34,37-38,41-42,44-48,50-51,53-56H2,1-3H3,(H,62,65)/b10-7-,11-8-,19-16-,20-17-,27-25-,28-26-,32-30-,35-33-,39-36-,43-40-,52-49-. The van der Waals surface area contributed by atoms with Gasteiger partial charge in [-0.1, -0.05) is 232 Å². The summed E-state index contributed by atoms with van der Waals surface area (Å²) in [6.07, 6.45) is 75.4. The number of carbonyl (C=O) groups excluding carboxylic acids is 2. The molecule has 0 saturated heterocycles. The number of unbranched alkanes of at least 4 members (excludes halogenated alkanes) is 14. The highest BCUT2D eigenvalue weighted by atomic mass is 16.5. The molecule has 0 bridgehead atoms. The molecule has 0 fully saturated rings. The lowest BCUT2D eigenvalue weighted by Gasteiger charge is -2.23. The lowest BCUT2D eigenvalue weighted by molar-refractivity contribution is -0.148. The van der Waals surface area contributed by atoms with Crippen molar-refractivity contribution in [2.75, 3.05) is 6.61 Å². The SMILES string of the molecule is CC/C=C\C/C=C\C/C=C\C/C=C\C/C=C\C/C=C\C(CC(=O)NC(CO)C(O)CCCCCCCCCCCCCC)OC(=O)CCCCC/C=C\C/C=C\C/C=C\C/C=C\C/C=C\CC. The summed E-state index contributed by atoms with van der Waals surface area (Å²) in [6.45, 7) is 6.20. The molecular formula is C61H99NO5. The number of hydrogen-bond donors (Lipinski definition) is 3. The fourth-order valence-electron chi connectivity index (χ4n) is 7.22. The predicted octanol–water partition coefficient (Wildman–Crippen LogP) is 16.6. The molecule has 0 aliphatic rings. The lowest BCUT2D eigenvalue weighted by atomic mass is 10.0. The van der Waals surface area contributed by atoms with Crippen LogP contribution in [-0.2, 0) is 14.3 Å². The smallest absolute Gasteiger partial charge is 0.306 e. The van der Waals surface area contributed by atoms with Gasteiger partial charge in [0.05, 0.1) is 25.2 Å². The molecule has 6 nitrogen and oxygen atoms in total. The topological polar surface area (TPSA) is 95.9 Å². The molecule has 3 atom stereocenters. The number of esters is 1. The van der Waals surface area contributed by atoms with Crippen LogP contribution >= 0.6 is 0 Å². The van der Waals surface area contributed by atoms with Crippen molar-refractivity contribution in [2.24, 2.45) is 0 Å². The van der Waals surface area contributed by atoms with Crippen molar-refractivity contribution in [1.82, 2.24) is 5.32 Å². The van der Waals surface area contributed by atoms with Gasteiger partial charge in [-0.2, -0.15) is 0 Å². The molecule has 0 heterocycles. The maximum atomic E-state index is 13.2. The van der Waals surface area contributed by atoms with Gasteiger partial charge in [0, 0.05) is 6.42 Å². The van der Waals surface area contributed by atoms with Gasteiger partial charge in [0.25, 0.3) is 0 Å². The molecule has 3 N–H and O–H groups in total. The third-order valence-electron chi connectivity index (χ3n) is 11.2. The minimum absolute atomic E-state index is 0.0696. The van der Waals surface area contributed by atoms with Crippen molar-refractivity contribution in [1.29, 1.82) is 0 Å². The van der Waals surface area contributed by atoms with Crippen LogP contribution in [0.3, 0.4) is 0 Å². The van der Waals surface area contributed by atoms with E-state index in [0.29, 0.717) is 19.3 Å². The Morgan fingerprint density at radius 2 is 0.836 bits per heavy atom. The Labute approximate surface area is 412 Å². The van der Waals surface area contributed by atoms with Crippen LogP contribution in [0.25, 0.3) is 0 Å². The molecule has 1 amide bonds. The van der Waals surface area contributed by atoms with Crippen molar-refractivity contribution < 1.29 is 24.5 Å². The van der Waals surface area contributed by atoms with Crippen LogP contribution < -0.4 is 5.32 Å². The molecular weight excluding hydrogens is 827 g/mol. The molecule has 0 aromatic rings. The van der Waals surface area contributed by atoms with Crippen LogP contribution in [0, 0.1) is 0 Å². The first-order valence-electron chi connectivity index (χ1n) is 26.9. The van der Waals surface area contributed by atoms with Crippen LogP contribution in [0.5, 0.6) is 0 Å². The van der Waals surface area contributed by atoms with Gasteiger partial charge in [0.1, 0.15) is 6.10 Å². The van der Waals surface area contributed by atoms with Crippen LogP contribution in [0.2, 0.25) is 0 Å². The predicted molar refractivity (Wildman–Crippen MR) is 291 cm³/mol. The second-order valence-corrected chi connectivity index (χ2v) is 17.5. The second-order valence-electron chi connectivity index (χ2n) is 17.5. The number of allylic oxidation sites excluding steroid dienone is 21. The first-order chi connectivity index (χ1) is 33.0. The number of aliphatic hydroxyl groups excluding tert-OH is 2. The van der Waals surface area contributed by atoms with Crippen LogP contribution in [0.15, 0.2) is 134 Å². The Hall–Kier alpha value is -4.00. The van der Waals surface area contributed by atoms with Crippen LogP contribution in [0.1, 0.15) is 213 Å². The molecule has 0 aromatic heterocycles. The summed E-state index contributed by atoms with van der Waals surface area (Å²) in [7, 11) is 0. The average Bonchev–Trinajstić information content (AvgIpc) is 3.32. The monoisotopic (exact) mass is 926 g/mol. The number of rotatable bonds is 46. The zero-order valence-electron chi connectivity index (χ0n) is 43.0. The van der Waals surface area contributed by atoms with Crippen molar-refractivity contribution >= 4 is 11.9 Å². The van der Waals surface area contributed by atoms with Crippen LogP contribution in [0.4, 0.5) is 0 Å². The molecule has 6 heteroatoms. The van der Waals surface area contributed by atoms with E-state index in [-0.39, 0.29) is 24.9 Å². The first-order valence-corrected chi connectivity index (χ1v) is 26.9. The van der Waals surface area contributed by atoms with E-state index in [9.17, 15) is 19.8 Å². The fourth-order valence-corrected chi connectivity index (χ4v) is 7.22. The Morgan fingerprint density at radius 1 is 0.463 bits per heavy atom. The summed E-state index contributed by atoms with van der Waals surface area (Å²) in [5.74, 6) is -0.680. The molecule has 3 unspecified atom stereocenters. The second kappa shape index (κ2) is 53.0. The van der Waals surface area contributed by atoms with Gasteiger partial charge in [-0.15, -0.1) is 0 Å². The molecule has 0 radical (unpaired) electrons. The summed E-state index contributed by atoms with van der Waals surface area (Å²) in [6, 6.07) is -0.759. The van der Waals surface area contributed by atoms with Crippen molar-refractivity contribution in [3.63, 3.8) is 0 Å². The third-order valence-corrected chi connectivity index (χ3v) is 11.2. The molecule has 0 rings (SSSR count). The zero-order chi connectivity index (χ0) is 48.8. The van der Waals surface area contributed by atoms with Gasteiger partial charge in [-0.05, 0) is 102 Å². The van der Waals surface area contributed by atoms with E-state index in [1.54, 1.807) is 6.08 Å². The maximum Gasteiger partial charge on any atom is 0.306 e. The van der Waals surface area contributed by atoms with Crippen molar-refractivity contribution in [3.8, 4) is 0 Å². The van der Waals surface area contributed by atoms with Gasteiger partial charge < -0.3 is 20.3 Å². The number of carbonyl (C=O) groups is 2. The Kier molecular flexibility index (Phi) is 49.8. The molecule has 378 valence electrons. The van der Waals surface area contributed by atoms with E-state index in [1.165, 1.54) is 57.8 Å². The van der Waals surface area contributed by atoms with Gasteiger partial charge in [0.2, 0.25) is 5.91 Å². The largest absolute Gasteiger partial charge is 0.458 e. The van der Waals surface area contributed by atoms with E-state index in [4.69, 9.17) is 4.74 Å². The number of aliphatic hydroxyl groups is 2. The quantitative estimate of drug-likeness (QED) is 0.0321. The van der Waals surface area contributed by atoms with E-state index in [1.807, 2.05) is 6.08 Å². The van der Waals surface area contributed by atoms with Gasteiger partial charge in [-0.3, -0.25) is 9.59 Å². The maximum absolute atomic E-state index is 13.2. The molecule has 0 aliphatic heterocycles. The third kappa shape index (κ3) is 48.3. The Balaban J connectivity index is 4.85. The minimum Gasteiger partial charge on any atom is -0.458 e. The number of amides is 1.